The molecule has 4 rings (SSSR count). The van der Waals surface area contributed by atoms with E-state index in [1.54, 1.807) is 73.8 Å². The predicted molar refractivity (Wildman–Crippen MR) is 113 cm³/mol. The van der Waals surface area contributed by atoms with Crippen molar-refractivity contribution in [2.75, 3.05) is 17.9 Å². The van der Waals surface area contributed by atoms with Gasteiger partial charge >= 0.3 is 0 Å². The molecule has 3 aromatic rings. The topological polar surface area (TPSA) is 57.7 Å². The van der Waals surface area contributed by atoms with Crippen molar-refractivity contribution in [1.29, 1.82) is 0 Å². The van der Waals surface area contributed by atoms with Gasteiger partial charge in [0, 0.05) is 31.3 Å². The molecule has 1 aliphatic heterocycles. The van der Waals surface area contributed by atoms with Crippen LogP contribution >= 0.6 is 0 Å². The predicted octanol–water partition coefficient (Wildman–Crippen LogP) is 3.85. The fraction of sp³-hybridized carbons (Fsp3) is 0.174. The minimum atomic E-state index is -3.65. The van der Waals surface area contributed by atoms with E-state index < -0.39 is 10.0 Å². The summed E-state index contributed by atoms with van der Waals surface area (Å²) in [5.41, 5.74) is 2.29. The summed E-state index contributed by atoms with van der Waals surface area (Å²) in [5, 5.41) is 0. The largest absolute Gasteiger partial charge is 0.337 e. The van der Waals surface area contributed by atoms with Gasteiger partial charge in [0.25, 0.3) is 15.9 Å². The third-order valence-electron chi connectivity index (χ3n) is 5.22. The summed E-state index contributed by atoms with van der Waals surface area (Å²) in [4.78, 5) is 14.5. The molecule has 1 aliphatic rings. The van der Waals surface area contributed by atoms with Crippen LogP contribution in [0.4, 0.5) is 10.1 Å². The van der Waals surface area contributed by atoms with Crippen molar-refractivity contribution in [3.8, 4) is 0 Å². The fourth-order valence-corrected chi connectivity index (χ4v) is 5.17. The van der Waals surface area contributed by atoms with Gasteiger partial charge in [-0.2, -0.15) is 0 Å². The minimum Gasteiger partial charge on any atom is -0.337 e. The zero-order chi connectivity index (χ0) is 21.3. The second-order valence-corrected chi connectivity index (χ2v) is 9.10. The maximum Gasteiger partial charge on any atom is 0.264 e. The van der Waals surface area contributed by atoms with Gasteiger partial charge in [-0.1, -0.05) is 36.4 Å². The Hall–Kier alpha value is -3.19. The number of anilines is 1. The number of rotatable bonds is 5. The third kappa shape index (κ3) is 3.68. The number of halogens is 1. The molecule has 0 aliphatic carbocycles. The van der Waals surface area contributed by atoms with E-state index in [0.717, 1.165) is 5.56 Å². The van der Waals surface area contributed by atoms with Gasteiger partial charge in [0.1, 0.15) is 5.82 Å². The number of hydrogen-bond acceptors (Lipinski definition) is 3. The van der Waals surface area contributed by atoms with Gasteiger partial charge in [0.15, 0.2) is 0 Å². The normalized spacial score (nSPS) is 13.2. The minimum absolute atomic E-state index is 0.150. The average Bonchev–Trinajstić information content (AvgIpc) is 3.19. The first-order valence-electron chi connectivity index (χ1n) is 9.57. The van der Waals surface area contributed by atoms with Crippen LogP contribution in [0, 0.1) is 5.82 Å². The first-order chi connectivity index (χ1) is 14.4. The number of fused-ring (bicyclic) bond motifs is 1. The highest BCUT2D eigenvalue weighted by atomic mass is 32.2. The van der Waals surface area contributed by atoms with Crippen LogP contribution < -0.4 is 4.31 Å². The molecule has 0 spiro atoms. The Kier molecular flexibility index (Phi) is 5.30. The van der Waals surface area contributed by atoms with Crippen LogP contribution in [-0.4, -0.2) is 32.8 Å². The van der Waals surface area contributed by atoms with Crippen LogP contribution in [0.2, 0.25) is 0 Å². The smallest absolute Gasteiger partial charge is 0.264 e. The molecular weight excluding hydrogens is 403 g/mol. The Morgan fingerprint density at radius 3 is 2.47 bits per heavy atom. The molecule has 1 heterocycles. The van der Waals surface area contributed by atoms with Gasteiger partial charge in [-0.25, -0.2) is 12.8 Å². The third-order valence-corrected chi connectivity index (χ3v) is 7.05. The molecule has 0 radical (unpaired) electrons. The Morgan fingerprint density at radius 2 is 1.73 bits per heavy atom. The van der Waals surface area contributed by atoms with Crippen molar-refractivity contribution in [2.24, 2.45) is 0 Å². The highest BCUT2D eigenvalue weighted by molar-refractivity contribution is 7.92. The molecule has 0 fully saturated rings. The van der Waals surface area contributed by atoms with Crippen molar-refractivity contribution >= 4 is 21.6 Å². The fourth-order valence-electron chi connectivity index (χ4n) is 3.65. The summed E-state index contributed by atoms with van der Waals surface area (Å²) in [6, 6.07) is 19.7. The van der Waals surface area contributed by atoms with Crippen molar-refractivity contribution in [2.45, 2.75) is 17.9 Å². The van der Waals surface area contributed by atoms with Gasteiger partial charge in [0.2, 0.25) is 0 Å². The quantitative estimate of drug-likeness (QED) is 0.625. The molecule has 3 aromatic carbocycles. The molecule has 1 amide bonds. The van der Waals surface area contributed by atoms with Crippen molar-refractivity contribution in [1.82, 2.24) is 4.90 Å². The van der Waals surface area contributed by atoms with E-state index in [0.29, 0.717) is 29.8 Å². The van der Waals surface area contributed by atoms with Crippen LogP contribution in [0.5, 0.6) is 0 Å². The number of amides is 1. The molecule has 0 atom stereocenters. The van der Waals surface area contributed by atoms with Gasteiger partial charge in [0.05, 0.1) is 10.6 Å². The number of benzene rings is 3. The highest BCUT2D eigenvalue weighted by Crippen LogP contribution is 2.33. The van der Waals surface area contributed by atoms with E-state index in [2.05, 4.69) is 0 Å². The highest BCUT2D eigenvalue weighted by Gasteiger charge is 2.31. The van der Waals surface area contributed by atoms with Crippen molar-refractivity contribution < 1.29 is 17.6 Å². The molecule has 7 heteroatoms. The maximum atomic E-state index is 13.9. The number of carbonyl (C=O) groups is 1. The van der Waals surface area contributed by atoms with Crippen LogP contribution in [0.15, 0.2) is 77.7 Å². The molecule has 0 saturated heterocycles. The molecule has 0 unspecified atom stereocenters. The standard InChI is InChI=1S/C23H21FN2O3S/c1-25(16-19-7-5-6-10-21(19)24)23(27)18-11-12-22-17(15-18)13-14-26(22)30(28,29)20-8-3-2-4-9-20/h2-12,15H,13-14,16H2,1H3. The molecule has 154 valence electrons. The number of nitrogens with zero attached hydrogens (tertiary/aromatic N) is 2. The zero-order valence-electron chi connectivity index (χ0n) is 16.5. The Bertz CT molecular complexity index is 1200. The zero-order valence-corrected chi connectivity index (χ0v) is 17.3. The van der Waals surface area contributed by atoms with Crippen molar-refractivity contribution in [3.05, 3.63) is 95.3 Å². The van der Waals surface area contributed by atoms with E-state index in [-0.39, 0.29) is 23.2 Å². The summed E-state index contributed by atoms with van der Waals surface area (Å²) in [6.07, 6.45) is 0.527. The Labute approximate surface area is 175 Å². The SMILES string of the molecule is CN(Cc1ccccc1F)C(=O)c1ccc2c(c1)CCN2S(=O)(=O)c1ccccc1. The molecule has 5 nitrogen and oxygen atoms in total. The first-order valence-corrected chi connectivity index (χ1v) is 11.0. The lowest BCUT2D eigenvalue weighted by Crippen LogP contribution is -2.29. The lowest BCUT2D eigenvalue weighted by molar-refractivity contribution is 0.0784. The lowest BCUT2D eigenvalue weighted by atomic mass is 10.1. The molecular formula is C23H21FN2O3S. The molecule has 0 saturated carbocycles. The van der Waals surface area contributed by atoms with Crippen LogP contribution in [0.1, 0.15) is 21.5 Å². The molecule has 0 bridgehead atoms. The summed E-state index contributed by atoms with van der Waals surface area (Å²) in [5.74, 6) is -0.599. The van der Waals surface area contributed by atoms with Gasteiger partial charge in [-0.05, 0) is 48.4 Å². The van der Waals surface area contributed by atoms with Crippen LogP contribution in [0.25, 0.3) is 0 Å². The van der Waals surface area contributed by atoms with Gasteiger partial charge < -0.3 is 4.90 Å². The Morgan fingerprint density at radius 1 is 1.03 bits per heavy atom. The van der Waals surface area contributed by atoms with Crippen LogP contribution in [-0.2, 0) is 23.0 Å². The van der Waals surface area contributed by atoms with E-state index in [1.165, 1.54) is 15.3 Å². The molecule has 0 aromatic heterocycles. The summed E-state index contributed by atoms with van der Waals surface area (Å²) in [6.45, 7) is 0.479. The second-order valence-electron chi connectivity index (χ2n) is 7.24. The van der Waals surface area contributed by atoms with Crippen LogP contribution in [0.3, 0.4) is 0 Å². The van der Waals surface area contributed by atoms with E-state index in [1.807, 2.05) is 0 Å². The van der Waals surface area contributed by atoms with E-state index >= 15 is 0 Å². The monoisotopic (exact) mass is 424 g/mol. The van der Waals surface area contributed by atoms with Gasteiger partial charge in [-0.15, -0.1) is 0 Å². The van der Waals surface area contributed by atoms with Gasteiger partial charge in [-0.3, -0.25) is 9.10 Å². The lowest BCUT2D eigenvalue weighted by Gasteiger charge is -2.21. The second kappa shape index (κ2) is 7.91. The van der Waals surface area contributed by atoms with Crippen molar-refractivity contribution in [3.63, 3.8) is 0 Å². The number of carbonyl (C=O) groups excluding carboxylic acids is 1. The maximum absolute atomic E-state index is 13.9. The van der Waals surface area contributed by atoms with E-state index in [4.69, 9.17) is 0 Å². The van der Waals surface area contributed by atoms with E-state index in [9.17, 15) is 17.6 Å². The summed E-state index contributed by atoms with van der Waals surface area (Å²) in [7, 11) is -2.03. The molecule has 0 N–H and O–H groups in total. The number of sulfonamides is 1. The summed E-state index contributed by atoms with van der Waals surface area (Å²) < 4.78 is 41.2. The number of hydrogen-bond donors (Lipinski definition) is 0. The first kappa shape index (κ1) is 20.1. The average molecular weight is 424 g/mol. The Balaban J connectivity index is 1.56. The molecule has 30 heavy (non-hydrogen) atoms. The summed E-state index contributed by atoms with van der Waals surface area (Å²) >= 11 is 0.